The van der Waals surface area contributed by atoms with E-state index < -0.39 is 0 Å². The summed E-state index contributed by atoms with van der Waals surface area (Å²) in [5, 5.41) is 18.1. The highest BCUT2D eigenvalue weighted by Crippen LogP contribution is 2.09. The molecule has 0 spiro atoms. The van der Waals surface area contributed by atoms with E-state index in [0.717, 1.165) is 12.8 Å². The van der Waals surface area contributed by atoms with Crippen LogP contribution in [0.5, 0.6) is 0 Å². The second-order valence-electron chi connectivity index (χ2n) is 5.12. The van der Waals surface area contributed by atoms with Gasteiger partial charge in [0.1, 0.15) is 0 Å². The van der Waals surface area contributed by atoms with E-state index in [2.05, 4.69) is 19.1 Å². The highest BCUT2D eigenvalue weighted by atomic mass is 16.3. The van der Waals surface area contributed by atoms with Crippen molar-refractivity contribution >= 4 is 0 Å². The van der Waals surface area contributed by atoms with Gasteiger partial charge in [0, 0.05) is 6.61 Å². The summed E-state index contributed by atoms with van der Waals surface area (Å²) in [6, 6.07) is 0. The van der Waals surface area contributed by atoms with Crippen LogP contribution < -0.4 is 0 Å². The van der Waals surface area contributed by atoms with Crippen molar-refractivity contribution in [1.82, 2.24) is 0 Å². The first-order chi connectivity index (χ1) is 8.81. The molecule has 0 heterocycles. The van der Waals surface area contributed by atoms with Crippen molar-refractivity contribution in [3.8, 4) is 0 Å². The number of allylic oxidation sites excluding steroid dienone is 2. The Kier molecular flexibility index (Phi) is 14.4. The molecule has 1 atom stereocenters. The first kappa shape index (κ1) is 17.7. The van der Waals surface area contributed by atoms with Crippen LogP contribution >= 0.6 is 0 Å². The van der Waals surface area contributed by atoms with Gasteiger partial charge in [0.2, 0.25) is 0 Å². The maximum atomic E-state index is 9.42. The van der Waals surface area contributed by atoms with Gasteiger partial charge in [-0.1, -0.05) is 51.2 Å². The van der Waals surface area contributed by atoms with E-state index in [1.165, 1.54) is 51.4 Å². The molecular weight excluding hydrogens is 224 g/mol. The maximum Gasteiger partial charge on any atom is 0.0562 e. The first-order valence-electron chi connectivity index (χ1n) is 7.75. The lowest BCUT2D eigenvalue weighted by atomic mass is 10.1. The molecule has 0 aliphatic carbocycles. The minimum atomic E-state index is -0.302. The van der Waals surface area contributed by atoms with Gasteiger partial charge in [-0.25, -0.2) is 0 Å². The Balaban J connectivity index is 3.12. The summed E-state index contributed by atoms with van der Waals surface area (Å²) < 4.78 is 0. The average molecular weight is 256 g/mol. The van der Waals surface area contributed by atoms with Crippen LogP contribution in [0, 0.1) is 0 Å². The molecule has 2 N–H and O–H groups in total. The molecule has 0 rings (SSSR count). The summed E-state index contributed by atoms with van der Waals surface area (Å²) in [4.78, 5) is 0. The zero-order valence-corrected chi connectivity index (χ0v) is 12.1. The fourth-order valence-corrected chi connectivity index (χ4v) is 2.04. The molecular formula is C16H32O2. The molecule has 0 aromatic heterocycles. The van der Waals surface area contributed by atoms with Crippen molar-refractivity contribution in [2.45, 2.75) is 83.7 Å². The van der Waals surface area contributed by atoms with Gasteiger partial charge < -0.3 is 10.2 Å². The minimum absolute atomic E-state index is 0.0991. The molecule has 0 aliphatic rings. The van der Waals surface area contributed by atoms with Gasteiger partial charge >= 0.3 is 0 Å². The van der Waals surface area contributed by atoms with Gasteiger partial charge in [-0.15, -0.1) is 0 Å². The predicted octanol–water partition coefficient (Wildman–Crippen LogP) is 4.21. The molecule has 1 unspecified atom stereocenters. The molecule has 0 aromatic rings. The Hall–Kier alpha value is -0.340. The highest BCUT2D eigenvalue weighted by molar-refractivity contribution is 4.81. The second-order valence-corrected chi connectivity index (χ2v) is 5.12. The Labute approximate surface area is 113 Å². The third-order valence-electron chi connectivity index (χ3n) is 3.26. The van der Waals surface area contributed by atoms with Gasteiger partial charge in [-0.3, -0.25) is 0 Å². The number of hydrogen-bond donors (Lipinski definition) is 2. The van der Waals surface area contributed by atoms with Gasteiger partial charge in [0.25, 0.3) is 0 Å². The van der Waals surface area contributed by atoms with E-state index >= 15 is 0 Å². The lowest BCUT2D eigenvalue weighted by Crippen LogP contribution is -2.08. The number of hydrogen-bond acceptors (Lipinski definition) is 2. The summed E-state index contributed by atoms with van der Waals surface area (Å²) >= 11 is 0. The summed E-state index contributed by atoms with van der Waals surface area (Å²) in [5.41, 5.74) is 0. The number of unbranched alkanes of at least 4 members (excludes halogenated alkanes) is 7. The molecule has 18 heavy (non-hydrogen) atoms. The van der Waals surface area contributed by atoms with E-state index in [-0.39, 0.29) is 12.7 Å². The lowest BCUT2D eigenvalue weighted by Gasteiger charge is -2.07. The fraction of sp³-hybridized carbons (Fsp3) is 0.875. The molecule has 0 bridgehead atoms. The Morgan fingerprint density at radius 2 is 1.44 bits per heavy atom. The zero-order chi connectivity index (χ0) is 13.5. The van der Waals surface area contributed by atoms with E-state index in [9.17, 15) is 5.11 Å². The van der Waals surface area contributed by atoms with Crippen molar-refractivity contribution in [2.24, 2.45) is 0 Å². The third kappa shape index (κ3) is 13.7. The Bertz CT molecular complexity index is 178. The lowest BCUT2D eigenvalue weighted by molar-refractivity contribution is 0.122. The van der Waals surface area contributed by atoms with Crippen LogP contribution in [-0.4, -0.2) is 22.9 Å². The van der Waals surface area contributed by atoms with Gasteiger partial charge in [-0.05, 0) is 38.5 Å². The molecule has 0 aliphatic heterocycles. The largest absolute Gasteiger partial charge is 0.396 e. The quantitative estimate of drug-likeness (QED) is 0.383. The molecule has 0 amide bonds. The molecule has 0 saturated heterocycles. The molecule has 0 aromatic carbocycles. The number of aliphatic hydroxyl groups is 2. The molecule has 2 heteroatoms. The maximum absolute atomic E-state index is 9.42. The summed E-state index contributed by atoms with van der Waals surface area (Å²) in [6.07, 6.45) is 16.9. The smallest absolute Gasteiger partial charge is 0.0562 e. The van der Waals surface area contributed by atoms with Crippen LogP contribution in [0.15, 0.2) is 12.2 Å². The number of aliphatic hydroxyl groups excluding tert-OH is 2. The SMILES string of the molecule is CCCCCCC=CCCCCCC(O)CCO. The van der Waals surface area contributed by atoms with Crippen molar-refractivity contribution in [3.63, 3.8) is 0 Å². The second kappa shape index (κ2) is 14.7. The predicted molar refractivity (Wildman–Crippen MR) is 78.7 cm³/mol. The summed E-state index contributed by atoms with van der Waals surface area (Å²) in [7, 11) is 0. The Morgan fingerprint density at radius 3 is 2.00 bits per heavy atom. The van der Waals surface area contributed by atoms with Gasteiger partial charge in [-0.2, -0.15) is 0 Å². The number of rotatable bonds is 13. The van der Waals surface area contributed by atoms with Crippen LogP contribution in [0.1, 0.15) is 77.6 Å². The van der Waals surface area contributed by atoms with Crippen LogP contribution in [-0.2, 0) is 0 Å². The summed E-state index contributed by atoms with van der Waals surface area (Å²) in [5.74, 6) is 0. The molecule has 0 saturated carbocycles. The summed E-state index contributed by atoms with van der Waals surface area (Å²) in [6.45, 7) is 2.34. The minimum Gasteiger partial charge on any atom is -0.396 e. The van der Waals surface area contributed by atoms with E-state index in [4.69, 9.17) is 5.11 Å². The topological polar surface area (TPSA) is 40.5 Å². The fourth-order valence-electron chi connectivity index (χ4n) is 2.04. The Morgan fingerprint density at radius 1 is 0.833 bits per heavy atom. The standard InChI is InChI=1S/C16H32O2/c1-2-3-4-5-6-7-8-9-10-11-12-13-16(18)14-15-17/h7-8,16-18H,2-6,9-15H2,1H3. The molecule has 0 radical (unpaired) electrons. The average Bonchev–Trinajstić information content (AvgIpc) is 2.36. The zero-order valence-electron chi connectivity index (χ0n) is 12.1. The van der Waals surface area contributed by atoms with Crippen LogP contribution in [0.4, 0.5) is 0 Å². The van der Waals surface area contributed by atoms with Gasteiger partial charge in [0.15, 0.2) is 0 Å². The van der Waals surface area contributed by atoms with Crippen molar-refractivity contribution < 1.29 is 10.2 Å². The normalized spacial score (nSPS) is 13.3. The van der Waals surface area contributed by atoms with Crippen molar-refractivity contribution in [2.75, 3.05) is 6.61 Å². The molecule has 0 fully saturated rings. The monoisotopic (exact) mass is 256 g/mol. The van der Waals surface area contributed by atoms with Crippen LogP contribution in [0.2, 0.25) is 0 Å². The van der Waals surface area contributed by atoms with E-state index in [1.807, 2.05) is 0 Å². The van der Waals surface area contributed by atoms with Crippen molar-refractivity contribution in [1.29, 1.82) is 0 Å². The van der Waals surface area contributed by atoms with Crippen LogP contribution in [0.3, 0.4) is 0 Å². The van der Waals surface area contributed by atoms with E-state index in [0.29, 0.717) is 6.42 Å². The van der Waals surface area contributed by atoms with Crippen LogP contribution in [0.25, 0.3) is 0 Å². The third-order valence-corrected chi connectivity index (χ3v) is 3.26. The molecule has 2 nitrogen and oxygen atoms in total. The van der Waals surface area contributed by atoms with E-state index in [1.54, 1.807) is 0 Å². The highest BCUT2D eigenvalue weighted by Gasteiger charge is 2.01. The van der Waals surface area contributed by atoms with Gasteiger partial charge in [0.05, 0.1) is 6.10 Å². The van der Waals surface area contributed by atoms with Crippen molar-refractivity contribution in [3.05, 3.63) is 12.2 Å². The molecule has 108 valence electrons. The first-order valence-corrected chi connectivity index (χ1v) is 7.75.